The van der Waals surface area contributed by atoms with Gasteiger partial charge in [0.05, 0.1) is 0 Å². The minimum atomic E-state index is -0.0295. The van der Waals surface area contributed by atoms with E-state index >= 15 is 0 Å². The summed E-state index contributed by atoms with van der Waals surface area (Å²) in [5.74, 6) is 0.530. The molecular formula is C11H14ClNO2. The lowest BCUT2D eigenvalue weighted by molar-refractivity contribution is -0.126. The molecule has 0 radical (unpaired) electrons. The van der Waals surface area contributed by atoms with Gasteiger partial charge in [-0.1, -0.05) is 13.0 Å². The van der Waals surface area contributed by atoms with Crippen molar-refractivity contribution in [3.05, 3.63) is 24.0 Å². The topological polar surface area (TPSA) is 37.4 Å². The van der Waals surface area contributed by atoms with Gasteiger partial charge in [0, 0.05) is 36.2 Å². The Morgan fingerprint density at radius 1 is 1.67 bits per heavy atom. The molecule has 82 valence electrons. The van der Waals surface area contributed by atoms with E-state index in [1.807, 2.05) is 13.0 Å². The fraction of sp³-hybridized carbons (Fsp3) is 0.455. The third kappa shape index (κ3) is 3.20. The largest absolute Gasteiger partial charge is 0.298 e. The summed E-state index contributed by atoms with van der Waals surface area (Å²) >= 11 is 5.50. The molecule has 0 aromatic carbocycles. The van der Waals surface area contributed by atoms with Crippen molar-refractivity contribution in [2.45, 2.75) is 19.8 Å². The molecule has 0 fully saturated rings. The van der Waals surface area contributed by atoms with E-state index < -0.39 is 0 Å². The smallest absolute Gasteiger partial charge is 0.230 e. The highest BCUT2D eigenvalue weighted by atomic mass is 35.5. The van der Waals surface area contributed by atoms with Crippen LogP contribution in [0.1, 0.15) is 19.8 Å². The Labute approximate surface area is 94.4 Å². The fourth-order valence-corrected chi connectivity index (χ4v) is 1.43. The van der Waals surface area contributed by atoms with E-state index in [2.05, 4.69) is 0 Å². The molecule has 4 heteroatoms. The van der Waals surface area contributed by atoms with Crippen LogP contribution in [0.15, 0.2) is 24.0 Å². The number of carbonyl (C=O) groups excluding carboxylic acids is 2. The van der Waals surface area contributed by atoms with Crippen LogP contribution in [0.3, 0.4) is 0 Å². The van der Waals surface area contributed by atoms with Crippen molar-refractivity contribution in [1.29, 1.82) is 0 Å². The lowest BCUT2D eigenvalue weighted by Gasteiger charge is -2.20. The summed E-state index contributed by atoms with van der Waals surface area (Å²) in [5.41, 5.74) is 0.622. The Hall–Kier alpha value is -1.09. The fourth-order valence-electron chi connectivity index (χ4n) is 1.29. The van der Waals surface area contributed by atoms with Gasteiger partial charge in [0.25, 0.3) is 0 Å². The first-order valence-corrected chi connectivity index (χ1v) is 5.45. The van der Waals surface area contributed by atoms with E-state index in [4.69, 9.17) is 11.6 Å². The van der Waals surface area contributed by atoms with Gasteiger partial charge in [-0.3, -0.25) is 14.5 Å². The highest BCUT2D eigenvalue weighted by molar-refractivity contribution is 6.17. The highest BCUT2D eigenvalue weighted by Gasteiger charge is 2.15. The van der Waals surface area contributed by atoms with Crippen molar-refractivity contribution in [3.8, 4) is 0 Å². The Bertz CT molecular complexity index is 310. The number of nitrogens with zero attached hydrogens (tertiary/aromatic N) is 1. The van der Waals surface area contributed by atoms with E-state index in [0.29, 0.717) is 24.3 Å². The number of aldehydes is 1. The van der Waals surface area contributed by atoms with Gasteiger partial charge < -0.3 is 0 Å². The molecule has 1 aliphatic heterocycles. The lowest BCUT2D eigenvalue weighted by Crippen LogP contribution is -2.24. The number of alkyl halides is 1. The maximum absolute atomic E-state index is 11.6. The third-order valence-corrected chi connectivity index (χ3v) is 2.56. The van der Waals surface area contributed by atoms with Crippen molar-refractivity contribution < 1.29 is 9.59 Å². The average Bonchev–Trinajstić information content (AvgIpc) is 2.26. The molecule has 15 heavy (non-hydrogen) atoms. The standard InChI is InChI=1S/C11H14ClNO2/c1-9-4-6-13(7-10(9)8-14)11(15)3-2-5-12/h4,6-9H,2-3,5H2,1H3. The number of carbonyl (C=O) groups is 2. The SMILES string of the molecule is CC1C=CN(C(=O)CCCCl)C=C1C=O. The summed E-state index contributed by atoms with van der Waals surface area (Å²) in [6.07, 6.45) is 6.98. The number of hydrogen-bond acceptors (Lipinski definition) is 2. The molecule has 0 bridgehead atoms. The quantitative estimate of drug-likeness (QED) is 0.545. The van der Waals surface area contributed by atoms with Crippen LogP contribution in [0.2, 0.25) is 0 Å². The third-order valence-electron chi connectivity index (χ3n) is 2.30. The molecule has 1 unspecified atom stereocenters. The summed E-state index contributed by atoms with van der Waals surface area (Å²) in [6.45, 7) is 1.91. The zero-order valence-corrected chi connectivity index (χ0v) is 9.41. The van der Waals surface area contributed by atoms with Gasteiger partial charge in [0.15, 0.2) is 0 Å². The summed E-state index contributed by atoms with van der Waals surface area (Å²) in [5, 5.41) is 0. The number of amides is 1. The molecular weight excluding hydrogens is 214 g/mol. The summed E-state index contributed by atoms with van der Waals surface area (Å²) in [4.78, 5) is 23.7. The zero-order chi connectivity index (χ0) is 11.3. The molecule has 0 spiro atoms. The average molecular weight is 228 g/mol. The number of hydrogen-bond donors (Lipinski definition) is 0. The monoisotopic (exact) mass is 227 g/mol. The second-order valence-electron chi connectivity index (χ2n) is 3.47. The van der Waals surface area contributed by atoms with Gasteiger partial charge in [0.2, 0.25) is 5.91 Å². The van der Waals surface area contributed by atoms with Gasteiger partial charge in [0.1, 0.15) is 6.29 Å². The molecule has 0 N–H and O–H groups in total. The summed E-state index contributed by atoms with van der Waals surface area (Å²) in [6, 6.07) is 0. The van der Waals surface area contributed by atoms with E-state index in [9.17, 15) is 9.59 Å². The van der Waals surface area contributed by atoms with E-state index in [0.717, 1.165) is 6.29 Å². The van der Waals surface area contributed by atoms with Crippen LogP contribution in [0.25, 0.3) is 0 Å². The molecule has 0 aliphatic carbocycles. The number of allylic oxidation sites excluding steroid dienone is 2. The van der Waals surface area contributed by atoms with Crippen LogP contribution in [0, 0.1) is 5.92 Å². The minimum absolute atomic E-state index is 0.0295. The predicted molar refractivity (Wildman–Crippen MR) is 59.3 cm³/mol. The van der Waals surface area contributed by atoms with E-state index in [1.165, 1.54) is 4.90 Å². The summed E-state index contributed by atoms with van der Waals surface area (Å²) in [7, 11) is 0. The number of rotatable bonds is 4. The van der Waals surface area contributed by atoms with Gasteiger partial charge in [-0.2, -0.15) is 0 Å². The molecule has 1 atom stereocenters. The maximum atomic E-state index is 11.6. The first-order chi connectivity index (χ1) is 7.19. The predicted octanol–water partition coefficient (Wildman–Crippen LogP) is 2.08. The van der Waals surface area contributed by atoms with Crippen molar-refractivity contribution >= 4 is 23.8 Å². The Balaban J connectivity index is 2.64. The molecule has 1 rings (SSSR count). The minimum Gasteiger partial charge on any atom is -0.298 e. The molecule has 0 saturated carbocycles. The van der Waals surface area contributed by atoms with Crippen LogP contribution in [-0.4, -0.2) is 23.0 Å². The van der Waals surface area contributed by atoms with Gasteiger partial charge in [-0.05, 0) is 6.42 Å². The van der Waals surface area contributed by atoms with Crippen molar-refractivity contribution in [1.82, 2.24) is 4.90 Å². The van der Waals surface area contributed by atoms with Crippen LogP contribution in [0.4, 0.5) is 0 Å². The normalized spacial score (nSPS) is 20.0. The van der Waals surface area contributed by atoms with Gasteiger partial charge in [-0.25, -0.2) is 0 Å². The molecule has 1 heterocycles. The zero-order valence-electron chi connectivity index (χ0n) is 8.65. The molecule has 1 aliphatic rings. The van der Waals surface area contributed by atoms with Crippen LogP contribution >= 0.6 is 11.6 Å². The molecule has 0 saturated heterocycles. The molecule has 3 nitrogen and oxygen atoms in total. The van der Waals surface area contributed by atoms with Crippen molar-refractivity contribution in [2.75, 3.05) is 5.88 Å². The van der Waals surface area contributed by atoms with E-state index in [1.54, 1.807) is 12.4 Å². The Kier molecular flexibility index (Phi) is 4.56. The molecule has 0 aromatic heterocycles. The Morgan fingerprint density at radius 3 is 3.00 bits per heavy atom. The van der Waals surface area contributed by atoms with Crippen molar-refractivity contribution in [3.63, 3.8) is 0 Å². The van der Waals surface area contributed by atoms with Crippen LogP contribution in [0.5, 0.6) is 0 Å². The van der Waals surface area contributed by atoms with E-state index in [-0.39, 0.29) is 11.8 Å². The van der Waals surface area contributed by atoms with Crippen LogP contribution in [-0.2, 0) is 9.59 Å². The molecule has 0 aromatic rings. The second kappa shape index (κ2) is 5.71. The lowest BCUT2D eigenvalue weighted by atomic mass is 10.0. The van der Waals surface area contributed by atoms with Crippen LogP contribution < -0.4 is 0 Å². The summed E-state index contributed by atoms with van der Waals surface area (Å²) < 4.78 is 0. The van der Waals surface area contributed by atoms with Gasteiger partial charge in [-0.15, -0.1) is 11.6 Å². The van der Waals surface area contributed by atoms with Crippen molar-refractivity contribution in [2.24, 2.45) is 5.92 Å². The first-order valence-electron chi connectivity index (χ1n) is 4.91. The molecule has 1 amide bonds. The Morgan fingerprint density at radius 2 is 2.40 bits per heavy atom. The van der Waals surface area contributed by atoms with Gasteiger partial charge >= 0.3 is 0 Å². The number of halogens is 1. The maximum Gasteiger partial charge on any atom is 0.230 e. The highest BCUT2D eigenvalue weighted by Crippen LogP contribution is 2.17. The second-order valence-corrected chi connectivity index (χ2v) is 3.85. The first kappa shape index (κ1) is 12.0.